The number of nitrogens with one attached hydrogen (secondary N) is 1. The van der Waals surface area contributed by atoms with Crippen LogP contribution in [0.4, 0.5) is 0 Å². The molecule has 0 amide bonds. The van der Waals surface area contributed by atoms with Gasteiger partial charge in [0.15, 0.2) is 0 Å². The third-order valence-corrected chi connectivity index (χ3v) is 2.83. The summed E-state index contributed by atoms with van der Waals surface area (Å²) in [7, 11) is 0. The Morgan fingerprint density at radius 1 is 1.47 bits per heavy atom. The van der Waals surface area contributed by atoms with Crippen molar-refractivity contribution in [1.29, 1.82) is 0 Å². The predicted molar refractivity (Wildman–Crippen MR) is 64.2 cm³/mol. The third-order valence-electron chi connectivity index (χ3n) is 1.90. The van der Waals surface area contributed by atoms with E-state index < -0.39 is 0 Å². The second-order valence-corrected chi connectivity index (χ2v) is 5.97. The van der Waals surface area contributed by atoms with E-state index in [9.17, 15) is 4.79 Å². The quantitative estimate of drug-likeness (QED) is 0.559. The molecular weight excluding hydrogens is 210 g/mol. The monoisotopic (exact) mass is 231 g/mol. The van der Waals surface area contributed by atoms with Crippen LogP contribution in [-0.4, -0.2) is 35.7 Å². The van der Waals surface area contributed by atoms with Gasteiger partial charge in [-0.05, 0) is 33.6 Å². The molecule has 0 aliphatic heterocycles. The van der Waals surface area contributed by atoms with Crippen LogP contribution in [0.1, 0.15) is 33.6 Å². The molecule has 0 aromatic carbocycles. The molecule has 1 saturated carbocycles. The maximum absolute atomic E-state index is 11.3. The van der Waals surface area contributed by atoms with Gasteiger partial charge in [-0.2, -0.15) is 0 Å². The zero-order chi connectivity index (χ0) is 11.3. The van der Waals surface area contributed by atoms with E-state index in [0.29, 0.717) is 5.75 Å². The highest BCUT2D eigenvalue weighted by Crippen LogP contribution is 2.18. The molecule has 1 rings (SSSR count). The summed E-state index contributed by atoms with van der Waals surface area (Å²) < 4.78 is 5.20. The second-order valence-electron chi connectivity index (χ2n) is 4.87. The average molecular weight is 231 g/mol. The second kappa shape index (κ2) is 5.75. The minimum Gasteiger partial charge on any atom is -0.459 e. The van der Waals surface area contributed by atoms with Crippen LogP contribution in [0.5, 0.6) is 0 Å². The van der Waals surface area contributed by atoms with Gasteiger partial charge in [-0.3, -0.25) is 4.79 Å². The Bertz CT molecular complexity index is 209. The largest absolute Gasteiger partial charge is 0.459 e. The van der Waals surface area contributed by atoms with Crippen molar-refractivity contribution in [3.8, 4) is 0 Å². The molecule has 0 aromatic heterocycles. The number of thioether (sulfide) groups is 1. The van der Waals surface area contributed by atoms with Crippen molar-refractivity contribution in [2.45, 2.75) is 45.3 Å². The van der Waals surface area contributed by atoms with Gasteiger partial charge in [0.1, 0.15) is 5.60 Å². The Hall–Kier alpha value is -0.220. The molecule has 1 aliphatic carbocycles. The normalized spacial score (nSPS) is 16.5. The molecule has 0 unspecified atom stereocenters. The first-order valence-corrected chi connectivity index (χ1v) is 6.66. The molecular formula is C11H21NO2S. The molecule has 0 radical (unpaired) electrons. The minimum atomic E-state index is -0.357. The molecule has 15 heavy (non-hydrogen) atoms. The van der Waals surface area contributed by atoms with Crippen LogP contribution in [0, 0.1) is 0 Å². The van der Waals surface area contributed by atoms with Crippen molar-refractivity contribution in [3.63, 3.8) is 0 Å². The molecule has 0 atom stereocenters. The SMILES string of the molecule is CC(C)(C)OC(=O)CSCCNC1CC1. The molecule has 0 aromatic rings. The molecule has 0 spiro atoms. The van der Waals surface area contributed by atoms with Crippen molar-refractivity contribution in [2.75, 3.05) is 18.1 Å². The zero-order valence-corrected chi connectivity index (χ0v) is 10.7. The van der Waals surface area contributed by atoms with Crippen molar-refractivity contribution in [3.05, 3.63) is 0 Å². The number of carbonyl (C=O) groups excluding carboxylic acids is 1. The molecule has 1 aliphatic rings. The Kier molecular flexibility index (Phi) is 4.93. The predicted octanol–water partition coefficient (Wildman–Crippen LogP) is 1.81. The first-order chi connectivity index (χ1) is 6.97. The fourth-order valence-corrected chi connectivity index (χ4v) is 1.78. The van der Waals surface area contributed by atoms with Gasteiger partial charge in [0.2, 0.25) is 0 Å². The maximum atomic E-state index is 11.3. The summed E-state index contributed by atoms with van der Waals surface area (Å²) in [5.74, 6) is 1.33. The van der Waals surface area contributed by atoms with Crippen molar-refractivity contribution in [1.82, 2.24) is 5.32 Å². The van der Waals surface area contributed by atoms with E-state index >= 15 is 0 Å². The van der Waals surface area contributed by atoms with E-state index in [4.69, 9.17) is 4.74 Å². The van der Waals surface area contributed by atoms with Crippen molar-refractivity contribution >= 4 is 17.7 Å². The van der Waals surface area contributed by atoms with Crippen LogP contribution in [0.25, 0.3) is 0 Å². The number of ether oxygens (including phenoxy) is 1. The summed E-state index contributed by atoms with van der Waals surface area (Å²) >= 11 is 1.63. The summed E-state index contributed by atoms with van der Waals surface area (Å²) in [6.07, 6.45) is 2.63. The average Bonchev–Trinajstić information content (AvgIpc) is 2.83. The van der Waals surface area contributed by atoms with Gasteiger partial charge in [0.05, 0.1) is 5.75 Å². The van der Waals surface area contributed by atoms with Gasteiger partial charge >= 0.3 is 5.97 Å². The molecule has 0 heterocycles. The number of rotatable bonds is 6. The van der Waals surface area contributed by atoms with E-state index in [1.165, 1.54) is 12.8 Å². The van der Waals surface area contributed by atoms with Crippen LogP contribution in [0.15, 0.2) is 0 Å². The lowest BCUT2D eigenvalue weighted by Gasteiger charge is -2.19. The maximum Gasteiger partial charge on any atom is 0.316 e. The summed E-state index contributed by atoms with van der Waals surface area (Å²) in [5, 5.41) is 3.41. The van der Waals surface area contributed by atoms with E-state index in [2.05, 4.69) is 5.32 Å². The van der Waals surface area contributed by atoms with Crippen molar-refractivity contribution < 1.29 is 9.53 Å². The Labute approximate surface area is 96.3 Å². The zero-order valence-electron chi connectivity index (χ0n) is 9.84. The van der Waals surface area contributed by atoms with Crippen LogP contribution < -0.4 is 5.32 Å². The van der Waals surface area contributed by atoms with Crippen LogP contribution >= 0.6 is 11.8 Å². The van der Waals surface area contributed by atoms with E-state index in [1.54, 1.807) is 11.8 Å². The highest BCUT2D eigenvalue weighted by Gasteiger charge is 2.19. The van der Waals surface area contributed by atoms with Crippen molar-refractivity contribution in [2.24, 2.45) is 0 Å². The van der Waals surface area contributed by atoms with Crippen LogP contribution in [-0.2, 0) is 9.53 Å². The van der Waals surface area contributed by atoms with Gasteiger partial charge < -0.3 is 10.1 Å². The Balaban J connectivity index is 1.91. The standard InChI is InChI=1S/C11H21NO2S/c1-11(2,3)14-10(13)8-15-7-6-12-9-4-5-9/h9,12H,4-8H2,1-3H3. The summed E-state index contributed by atoms with van der Waals surface area (Å²) in [6.45, 7) is 6.68. The Morgan fingerprint density at radius 3 is 2.67 bits per heavy atom. The fraction of sp³-hybridized carbons (Fsp3) is 0.909. The molecule has 4 heteroatoms. The summed E-state index contributed by atoms with van der Waals surface area (Å²) in [5.41, 5.74) is -0.357. The molecule has 0 saturated heterocycles. The van der Waals surface area contributed by atoms with Gasteiger partial charge in [0.25, 0.3) is 0 Å². The molecule has 1 fully saturated rings. The molecule has 3 nitrogen and oxygen atoms in total. The third kappa shape index (κ3) is 7.68. The summed E-state index contributed by atoms with van der Waals surface area (Å²) in [6, 6.07) is 0.757. The number of carbonyl (C=O) groups is 1. The number of hydrogen-bond acceptors (Lipinski definition) is 4. The Morgan fingerprint density at radius 2 is 2.13 bits per heavy atom. The van der Waals surface area contributed by atoms with Gasteiger partial charge in [0, 0.05) is 18.3 Å². The first kappa shape index (κ1) is 12.8. The topological polar surface area (TPSA) is 38.3 Å². The van der Waals surface area contributed by atoms with E-state index in [1.807, 2.05) is 20.8 Å². The lowest BCUT2D eigenvalue weighted by molar-refractivity contribution is -0.151. The smallest absolute Gasteiger partial charge is 0.316 e. The molecule has 1 N–H and O–H groups in total. The number of hydrogen-bond donors (Lipinski definition) is 1. The van der Waals surface area contributed by atoms with Crippen LogP contribution in [0.2, 0.25) is 0 Å². The molecule has 0 bridgehead atoms. The van der Waals surface area contributed by atoms with E-state index in [0.717, 1.165) is 18.3 Å². The van der Waals surface area contributed by atoms with Gasteiger partial charge in [-0.15, -0.1) is 11.8 Å². The lowest BCUT2D eigenvalue weighted by Crippen LogP contribution is -2.25. The van der Waals surface area contributed by atoms with Gasteiger partial charge in [-0.25, -0.2) is 0 Å². The highest BCUT2D eigenvalue weighted by atomic mass is 32.2. The van der Waals surface area contributed by atoms with Crippen LogP contribution in [0.3, 0.4) is 0 Å². The first-order valence-electron chi connectivity index (χ1n) is 5.50. The summed E-state index contributed by atoms with van der Waals surface area (Å²) in [4.78, 5) is 11.3. The number of esters is 1. The minimum absolute atomic E-state index is 0.112. The van der Waals surface area contributed by atoms with E-state index in [-0.39, 0.29) is 11.6 Å². The highest BCUT2D eigenvalue weighted by molar-refractivity contribution is 7.99. The lowest BCUT2D eigenvalue weighted by atomic mass is 10.2. The molecule has 88 valence electrons. The van der Waals surface area contributed by atoms with Gasteiger partial charge in [-0.1, -0.05) is 0 Å². The fourth-order valence-electron chi connectivity index (χ4n) is 1.15.